The number of pyridine rings is 1. The van der Waals surface area contributed by atoms with E-state index in [4.69, 9.17) is 21.1 Å². The number of H-pyrrole nitrogens is 1. The summed E-state index contributed by atoms with van der Waals surface area (Å²) >= 11 is 6.20. The highest BCUT2D eigenvalue weighted by Crippen LogP contribution is 2.34. The van der Waals surface area contributed by atoms with E-state index in [0.29, 0.717) is 55.1 Å². The Kier molecular flexibility index (Phi) is 14.1. The molecular weight excluding hydrogens is 832 g/mol. The van der Waals surface area contributed by atoms with Crippen LogP contribution in [0.25, 0.3) is 16.6 Å². The largest absolute Gasteiger partial charge is 0.455 e. The first kappa shape index (κ1) is 44.5. The third-order valence-electron chi connectivity index (χ3n) is 11.2. The number of carbonyl (C=O) groups excluding carboxylic acids is 1. The summed E-state index contributed by atoms with van der Waals surface area (Å²) in [6.45, 7) is 15.7. The minimum absolute atomic E-state index is 0.0489. The second-order valence-corrected chi connectivity index (χ2v) is 18.3. The van der Waals surface area contributed by atoms with Gasteiger partial charge in [-0.15, -0.1) is 0 Å². The van der Waals surface area contributed by atoms with Crippen molar-refractivity contribution in [2.45, 2.75) is 45.1 Å². The van der Waals surface area contributed by atoms with Gasteiger partial charge in [-0.1, -0.05) is 50.1 Å². The van der Waals surface area contributed by atoms with Crippen molar-refractivity contribution in [2.24, 2.45) is 5.92 Å². The van der Waals surface area contributed by atoms with Gasteiger partial charge in [0.2, 0.25) is 0 Å². The smallest absolute Gasteiger partial charge is 0.293 e. The molecule has 3 N–H and O–H groups in total. The second kappa shape index (κ2) is 19.7. The first-order valence-corrected chi connectivity index (χ1v) is 22.7. The lowest BCUT2D eigenvalue weighted by Crippen LogP contribution is -2.47. The average Bonchev–Trinajstić information content (AvgIpc) is 3.73. The van der Waals surface area contributed by atoms with Crippen molar-refractivity contribution in [3.8, 4) is 11.5 Å². The van der Waals surface area contributed by atoms with Crippen LogP contribution in [0.1, 0.15) is 50.0 Å². The van der Waals surface area contributed by atoms with Gasteiger partial charge in [0.05, 0.1) is 34.3 Å². The van der Waals surface area contributed by atoms with E-state index in [1.54, 1.807) is 24.4 Å². The highest BCUT2D eigenvalue weighted by Gasteiger charge is 2.28. The van der Waals surface area contributed by atoms with Gasteiger partial charge in [0, 0.05) is 86.8 Å². The number of fused-ring (bicyclic) bond motifs is 1. The number of hydrogen-bond acceptors (Lipinski definition) is 12. The number of likely N-dealkylation sites (N-methyl/N-ethyl adjacent to an activating group) is 1. The Balaban J connectivity index is 1.08. The predicted octanol–water partition coefficient (Wildman–Crippen LogP) is 7.81. The highest BCUT2D eigenvalue weighted by atomic mass is 35.5. The molecule has 17 heteroatoms. The van der Waals surface area contributed by atoms with E-state index < -0.39 is 31.4 Å². The summed E-state index contributed by atoms with van der Waals surface area (Å²) in [4.78, 5) is 39.3. The number of sulfonamides is 1. The maximum atomic E-state index is 13.9. The molecule has 2 saturated heterocycles. The zero-order valence-electron chi connectivity index (χ0n) is 35.4. The van der Waals surface area contributed by atoms with Crippen LogP contribution in [0.15, 0.2) is 95.7 Å². The van der Waals surface area contributed by atoms with Crippen molar-refractivity contribution in [2.75, 3.05) is 75.7 Å². The van der Waals surface area contributed by atoms with Crippen molar-refractivity contribution < 1.29 is 27.6 Å². The molecule has 2 aliphatic rings. The van der Waals surface area contributed by atoms with Gasteiger partial charge in [-0.2, -0.15) is 0 Å². The first-order chi connectivity index (χ1) is 29.8. The zero-order chi connectivity index (χ0) is 44.0. The number of allylic oxidation sites excluding steroid dienone is 1. The molecule has 1 unspecified atom stereocenters. The zero-order valence-corrected chi connectivity index (χ0v) is 37.0. The van der Waals surface area contributed by atoms with E-state index in [1.165, 1.54) is 41.1 Å². The summed E-state index contributed by atoms with van der Waals surface area (Å²) in [7, 11) is -4.58. The van der Waals surface area contributed by atoms with Crippen LogP contribution in [-0.4, -0.2) is 111 Å². The lowest BCUT2D eigenvalue weighted by molar-refractivity contribution is -0.384. The van der Waals surface area contributed by atoms with Crippen molar-refractivity contribution in [3.63, 3.8) is 0 Å². The number of halogens is 1. The summed E-state index contributed by atoms with van der Waals surface area (Å²) in [5, 5.41) is 16.7. The van der Waals surface area contributed by atoms with Gasteiger partial charge in [-0.25, -0.2) is 18.1 Å². The lowest BCUT2D eigenvalue weighted by atomic mass is 9.92. The predicted molar refractivity (Wildman–Crippen MR) is 243 cm³/mol. The van der Waals surface area contributed by atoms with Crippen LogP contribution in [-0.2, 0) is 14.8 Å². The molecule has 0 saturated carbocycles. The number of ether oxygens (including phenoxy) is 2. The van der Waals surface area contributed by atoms with Gasteiger partial charge >= 0.3 is 0 Å². The molecule has 4 heterocycles. The van der Waals surface area contributed by atoms with Crippen molar-refractivity contribution in [3.05, 3.63) is 117 Å². The number of benzene rings is 3. The van der Waals surface area contributed by atoms with Gasteiger partial charge in [0.25, 0.3) is 21.6 Å². The minimum Gasteiger partial charge on any atom is -0.455 e. The summed E-state index contributed by atoms with van der Waals surface area (Å²) in [5.74, 6) is -0.0146. The Morgan fingerprint density at radius 1 is 1.03 bits per heavy atom. The number of amides is 1. The first-order valence-electron chi connectivity index (χ1n) is 20.9. The Hall–Kier alpha value is -5.52. The van der Waals surface area contributed by atoms with Gasteiger partial charge in [0.15, 0.2) is 0 Å². The number of nitro benzene ring substituents is 1. The Labute approximate surface area is 367 Å². The molecule has 3 aromatic carbocycles. The Morgan fingerprint density at radius 2 is 1.81 bits per heavy atom. The fourth-order valence-electron chi connectivity index (χ4n) is 7.90. The van der Waals surface area contributed by atoms with Gasteiger partial charge in [-0.05, 0) is 85.5 Å². The van der Waals surface area contributed by atoms with E-state index in [9.17, 15) is 23.3 Å². The number of aromatic nitrogens is 2. The average molecular weight is 885 g/mol. The van der Waals surface area contributed by atoms with E-state index in [2.05, 4.69) is 74.5 Å². The fraction of sp³-hybridized carbons (Fsp3) is 0.378. The summed E-state index contributed by atoms with van der Waals surface area (Å²) in [5.41, 5.74) is 4.93. The SMILES string of the molecule is CCN1CCOC(CNc2ccc(S(=O)(=O)NC(=O)c3ccc(N4CCN(C/C(C)=C(/CC(C)C)c5ccc(Cl)cc5)CC4)cc3Oc3cnc4[nH]ccc4c3)cc2[N+](=O)[O-])C1. The Morgan fingerprint density at radius 3 is 2.53 bits per heavy atom. The number of carbonyl (C=O) groups is 1. The van der Waals surface area contributed by atoms with Crippen molar-refractivity contribution >= 4 is 61.2 Å². The molecule has 7 rings (SSSR count). The van der Waals surface area contributed by atoms with Crippen LogP contribution < -0.4 is 19.7 Å². The number of anilines is 2. The third-order valence-corrected chi connectivity index (χ3v) is 12.8. The van der Waals surface area contributed by atoms with Crippen LogP contribution in [0.4, 0.5) is 17.1 Å². The minimum atomic E-state index is -4.58. The number of nitrogens with one attached hydrogen (secondary N) is 3. The fourth-order valence-corrected chi connectivity index (χ4v) is 9.02. The third kappa shape index (κ3) is 10.9. The number of piperazine rings is 1. The Bertz CT molecular complexity index is 2540. The maximum absolute atomic E-state index is 13.9. The second-order valence-electron chi connectivity index (χ2n) is 16.1. The molecule has 2 aromatic heterocycles. The standard InChI is InChI=1S/C45H53ClN8O7S/c1-5-51-20-21-60-37(29-51)27-48-41-13-11-38(25-42(41)54(56)57)62(58,59)50-45(55)39-12-10-35(24-43(39)61-36-23-33-14-15-47-44(33)49-26-36)53-18-16-52(17-19-53)28-31(4)40(22-30(2)3)32-6-8-34(46)9-7-32/h6-15,23-26,30,37,48H,5,16-22,27-29H2,1-4H3,(H,47,49)(H,50,55)/b40-31-. The molecule has 5 aromatic rings. The maximum Gasteiger partial charge on any atom is 0.293 e. The quantitative estimate of drug-likeness (QED) is 0.0649. The number of nitrogens with zero attached hydrogens (tertiary/aromatic N) is 5. The van der Waals surface area contributed by atoms with Crippen LogP contribution in [0.2, 0.25) is 5.02 Å². The topological polar surface area (TPSA) is 175 Å². The van der Waals surface area contributed by atoms with E-state index in [1.807, 2.05) is 18.2 Å². The van der Waals surface area contributed by atoms with Crippen LogP contribution in [0.5, 0.6) is 11.5 Å². The normalized spacial score (nSPS) is 16.9. The molecule has 0 spiro atoms. The van der Waals surface area contributed by atoms with E-state index in [-0.39, 0.29) is 23.1 Å². The van der Waals surface area contributed by atoms with Gasteiger partial charge in [0.1, 0.15) is 22.8 Å². The molecule has 15 nitrogen and oxygen atoms in total. The summed E-state index contributed by atoms with van der Waals surface area (Å²) in [6.07, 6.45) is 4.04. The summed E-state index contributed by atoms with van der Waals surface area (Å²) < 4.78 is 41.6. The molecule has 1 atom stereocenters. The van der Waals surface area contributed by atoms with Crippen LogP contribution in [0.3, 0.4) is 0 Å². The van der Waals surface area contributed by atoms with E-state index in [0.717, 1.165) is 56.3 Å². The number of hydrogen-bond donors (Lipinski definition) is 3. The number of aromatic amines is 1. The molecule has 0 radical (unpaired) electrons. The van der Waals surface area contributed by atoms with Crippen molar-refractivity contribution in [1.82, 2.24) is 24.5 Å². The molecule has 2 fully saturated rings. The molecule has 2 aliphatic heterocycles. The lowest BCUT2D eigenvalue weighted by Gasteiger charge is -2.37. The van der Waals surface area contributed by atoms with Crippen molar-refractivity contribution in [1.29, 1.82) is 0 Å². The van der Waals surface area contributed by atoms with E-state index >= 15 is 0 Å². The summed E-state index contributed by atoms with van der Waals surface area (Å²) in [6, 6.07) is 20.2. The van der Waals surface area contributed by atoms with Crippen LogP contribution in [0, 0.1) is 16.0 Å². The molecule has 0 aliphatic carbocycles. The van der Waals surface area contributed by atoms with Gasteiger partial charge < -0.3 is 24.7 Å². The molecule has 62 heavy (non-hydrogen) atoms. The van der Waals surface area contributed by atoms with Crippen LogP contribution >= 0.6 is 11.6 Å². The molecule has 1 amide bonds. The molecule has 0 bridgehead atoms. The number of nitro groups is 1. The van der Waals surface area contributed by atoms with Gasteiger partial charge in [-0.3, -0.25) is 24.7 Å². The monoisotopic (exact) mass is 884 g/mol. The molecule has 328 valence electrons. The number of morpholine rings is 1. The number of rotatable bonds is 16. The highest BCUT2D eigenvalue weighted by molar-refractivity contribution is 7.90. The molecular formula is C45H53ClN8O7S.